The zero-order chi connectivity index (χ0) is 27.1. The summed E-state index contributed by atoms with van der Waals surface area (Å²) in [5.74, 6) is -0.602. The van der Waals surface area contributed by atoms with E-state index in [0.717, 1.165) is 28.9 Å². The van der Waals surface area contributed by atoms with E-state index in [1.165, 1.54) is 0 Å². The lowest BCUT2D eigenvalue weighted by molar-refractivity contribution is -0.146. The number of carbonyl (C=O) groups is 2. The minimum Gasteiger partial charge on any atom is -0.396 e. The van der Waals surface area contributed by atoms with Crippen LogP contribution < -0.4 is 9.80 Å². The standard InChI is InChI=1S/C30H33FN2O4Si/c1-21-28(38(2,3)31)27(16-17-34)37-30(21)25-14-7-8-15-26(25)32(29(30)36)19-22-10-9-13-24(18-22)33(20-35)23-11-5-4-6-12-23/h4-15,18,20-21,27-28,34H,16-17,19H2,1-3H3/t21-,27+,28-,30+/m1/s1. The first-order valence-corrected chi connectivity index (χ1v) is 16.0. The Hall–Kier alpha value is -3.33. The Bertz CT molecular complexity index is 1330. The van der Waals surface area contributed by atoms with E-state index in [0.29, 0.717) is 5.69 Å². The maximum Gasteiger partial charge on any atom is 0.264 e. The molecule has 0 aliphatic carbocycles. The quantitative estimate of drug-likeness (QED) is 0.230. The van der Waals surface area contributed by atoms with Gasteiger partial charge in [0.1, 0.15) is 0 Å². The fraction of sp³-hybridized carbons (Fsp3) is 0.333. The van der Waals surface area contributed by atoms with Crippen LogP contribution in [0.25, 0.3) is 0 Å². The molecule has 2 aliphatic heterocycles. The summed E-state index contributed by atoms with van der Waals surface area (Å²) in [5, 5.41) is 9.70. The van der Waals surface area contributed by atoms with Gasteiger partial charge in [0.2, 0.25) is 14.8 Å². The van der Waals surface area contributed by atoms with Gasteiger partial charge in [-0.1, -0.05) is 55.5 Å². The molecule has 5 rings (SSSR count). The van der Waals surface area contributed by atoms with Crippen LogP contribution in [0.4, 0.5) is 21.2 Å². The molecule has 38 heavy (non-hydrogen) atoms. The minimum atomic E-state index is -3.23. The Kier molecular flexibility index (Phi) is 6.98. The predicted molar refractivity (Wildman–Crippen MR) is 148 cm³/mol. The molecule has 1 fully saturated rings. The van der Waals surface area contributed by atoms with Crippen LogP contribution in [-0.4, -0.2) is 38.5 Å². The van der Waals surface area contributed by atoms with Gasteiger partial charge in [0.25, 0.3) is 5.91 Å². The molecule has 0 unspecified atom stereocenters. The Labute approximate surface area is 223 Å². The van der Waals surface area contributed by atoms with Crippen molar-refractivity contribution in [2.24, 2.45) is 5.92 Å². The normalized spacial score (nSPS) is 24.6. The van der Waals surface area contributed by atoms with Crippen molar-refractivity contribution >= 4 is 37.8 Å². The lowest BCUT2D eigenvalue weighted by Gasteiger charge is -2.31. The van der Waals surface area contributed by atoms with Gasteiger partial charge in [-0.2, -0.15) is 0 Å². The third kappa shape index (κ3) is 4.26. The fourth-order valence-electron chi connectivity index (χ4n) is 6.40. The number of hydrogen-bond acceptors (Lipinski definition) is 4. The van der Waals surface area contributed by atoms with E-state index in [-0.39, 0.29) is 31.4 Å². The summed E-state index contributed by atoms with van der Waals surface area (Å²) in [5.41, 5.74) is 2.05. The molecule has 1 spiro atoms. The largest absolute Gasteiger partial charge is 0.396 e. The van der Waals surface area contributed by atoms with Gasteiger partial charge in [0.05, 0.1) is 18.3 Å². The Balaban J connectivity index is 1.52. The van der Waals surface area contributed by atoms with Crippen molar-refractivity contribution in [2.45, 2.75) is 50.2 Å². The number of benzene rings is 3. The molecule has 1 N–H and O–H groups in total. The van der Waals surface area contributed by atoms with Crippen LogP contribution in [0.5, 0.6) is 0 Å². The number of nitrogens with zero attached hydrogens (tertiary/aromatic N) is 2. The van der Waals surface area contributed by atoms with Gasteiger partial charge in [-0.15, -0.1) is 0 Å². The fourth-order valence-corrected chi connectivity index (χ4v) is 8.94. The van der Waals surface area contributed by atoms with Crippen LogP contribution in [0.3, 0.4) is 0 Å². The number of carbonyl (C=O) groups excluding carboxylic acids is 2. The van der Waals surface area contributed by atoms with Crippen LogP contribution >= 0.6 is 0 Å². The van der Waals surface area contributed by atoms with E-state index < -0.39 is 25.7 Å². The van der Waals surface area contributed by atoms with Gasteiger partial charge in [0, 0.05) is 35.0 Å². The second kappa shape index (κ2) is 10.1. The highest BCUT2D eigenvalue weighted by molar-refractivity contribution is 6.72. The molecule has 3 aromatic carbocycles. The molecule has 4 atom stereocenters. The number of amides is 2. The lowest BCUT2D eigenvalue weighted by Crippen LogP contribution is -2.45. The third-order valence-corrected chi connectivity index (χ3v) is 10.4. The number of ether oxygens (including phenoxy) is 1. The molecule has 1 saturated heterocycles. The molecular weight excluding hydrogens is 499 g/mol. The first-order chi connectivity index (χ1) is 18.2. The lowest BCUT2D eigenvalue weighted by atomic mass is 9.82. The minimum absolute atomic E-state index is 0.130. The number of aliphatic hydroxyl groups excluding tert-OH is 1. The Morgan fingerprint density at radius 1 is 1.05 bits per heavy atom. The highest BCUT2D eigenvalue weighted by Crippen LogP contribution is 2.60. The van der Waals surface area contributed by atoms with E-state index in [4.69, 9.17) is 4.74 Å². The van der Waals surface area contributed by atoms with Gasteiger partial charge in [-0.25, -0.2) is 0 Å². The summed E-state index contributed by atoms with van der Waals surface area (Å²) in [4.78, 5) is 29.5. The van der Waals surface area contributed by atoms with Crippen molar-refractivity contribution in [3.8, 4) is 0 Å². The molecule has 0 aromatic heterocycles. The van der Waals surface area contributed by atoms with E-state index >= 15 is 4.11 Å². The van der Waals surface area contributed by atoms with E-state index in [2.05, 4.69) is 0 Å². The SMILES string of the molecule is C[C@@H]1[C@@H]([Si](C)(C)F)[C@H](CCO)O[C@@]12C(=O)N(Cc1cccc(N(C=O)c3ccccc3)c1)c1ccccc12. The molecule has 2 aliphatic rings. The van der Waals surface area contributed by atoms with Gasteiger partial charge < -0.3 is 18.9 Å². The zero-order valence-corrected chi connectivity index (χ0v) is 22.9. The van der Waals surface area contributed by atoms with E-state index in [9.17, 15) is 14.7 Å². The summed E-state index contributed by atoms with van der Waals surface area (Å²) < 4.78 is 22.1. The number of aliphatic hydroxyl groups is 1. The van der Waals surface area contributed by atoms with Crippen molar-refractivity contribution in [1.29, 1.82) is 0 Å². The number of para-hydroxylation sites is 2. The summed E-state index contributed by atoms with van der Waals surface area (Å²) >= 11 is 0. The Morgan fingerprint density at radius 3 is 2.42 bits per heavy atom. The maximum absolute atomic E-state index is 15.6. The molecule has 0 bridgehead atoms. The van der Waals surface area contributed by atoms with Crippen LogP contribution in [0.1, 0.15) is 24.5 Å². The van der Waals surface area contributed by atoms with Crippen molar-refractivity contribution in [1.82, 2.24) is 0 Å². The molecule has 0 radical (unpaired) electrons. The van der Waals surface area contributed by atoms with Crippen LogP contribution in [0.15, 0.2) is 78.9 Å². The topological polar surface area (TPSA) is 70.1 Å². The smallest absolute Gasteiger partial charge is 0.264 e. The molecule has 6 nitrogen and oxygen atoms in total. The zero-order valence-electron chi connectivity index (χ0n) is 21.9. The summed E-state index contributed by atoms with van der Waals surface area (Å²) in [6.07, 6.45) is 0.530. The van der Waals surface area contributed by atoms with Crippen molar-refractivity contribution in [3.05, 3.63) is 90.0 Å². The number of anilines is 3. The van der Waals surface area contributed by atoms with Crippen molar-refractivity contribution < 1.29 is 23.5 Å². The number of hydrogen-bond donors (Lipinski definition) is 1. The molecule has 8 heteroatoms. The van der Waals surface area contributed by atoms with Gasteiger partial charge in [-0.3, -0.25) is 14.5 Å². The van der Waals surface area contributed by atoms with E-state index in [1.54, 1.807) is 22.9 Å². The van der Waals surface area contributed by atoms with Crippen LogP contribution in [0, 0.1) is 5.92 Å². The number of halogens is 1. The average molecular weight is 533 g/mol. The highest BCUT2D eigenvalue weighted by atomic mass is 28.4. The van der Waals surface area contributed by atoms with Crippen molar-refractivity contribution in [2.75, 3.05) is 16.4 Å². The summed E-state index contributed by atoms with van der Waals surface area (Å²) in [6, 6.07) is 24.5. The second-order valence-corrected chi connectivity index (χ2v) is 14.5. The second-order valence-electron chi connectivity index (χ2n) is 10.7. The van der Waals surface area contributed by atoms with Gasteiger partial charge in [-0.05, 0) is 55.4 Å². The number of rotatable bonds is 8. The van der Waals surface area contributed by atoms with Gasteiger partial charge >= 0.3 is 0 Å². The average Bonchev–Trinajstić information content (AvgIpc) is 3.33. The molecule has 198 valence electrons. The maximum atomic E-state index is 15.6. The molecule has 3 aromatic rings. The molecule has 0 saturated carbocycles. The summed E-state index contributed by atoms with van der Waals surface area (Å²) in [7, 11) is -3.23. The van der Waals surface area contributed by atoms with Gasteiger partial charge in [0.15, 0.2) is 5.60 Å². The highest BCUT2D eigenvalue weighted by Gasteiger charge is 2.66. The van der Waals surface area contributed by atoms with Crippen molar-refractivity contribution in [3.63, 3.8) is 0 Å². The first-order valence-electron chi connectivity index (χ1n) is 13.0. The van der Waals surface area contributed by atoms with E-state index in [1.807, 2.05) is 85.8 Å². The van der Waals surface area contributed by atoms with Crippen LogP contribution in [0.2, 0.25) is 18.6 Å². The summed E-state index contributed by atoms with van der Waals surface area (Å²) in [6.45, 7) is 5.36. The Morgan fingerprint density at radius 2 is 1.74 bits per heavy atom. The monoisotopic (exact) mass is 532 g/mol. The third-order valence-electron chi connectivity index (χ3n) is 7.95. The molecule has 2 amide bonds. The predicted octanol–water partition coefficient (Wildman–Crippen LogP) is 5.69. The molecule has 2 heterocycles. The molecular formula is C30H33FN2O4Si. The van der Waals surface area contributed by atoms with Crippen LogP contribution in [-0.2, 0) is 26.5 Å². The number of fused-ring (bicyclic) bond motifs is 2. The first kappa shape index (κ1) is 26.3.